The number of urea groups is 1. The first-order chi connectivity index (χ1) is 16.3. The molecule has 2 N–H and O–H groups in total. The van der Waals surface area contributed by atoms with E-state index >= 15 is 0 Å². The summed E-state index contributed by atoms with van der Waals surface area (Å²) in [6, 6.07) is 11.6. The normalized spacial score (nSPS) is 13.5. The fourth-order valence-corrected chi connectivity index (χ4v) is 4.67. The van der Waals surface area contributed by atoms with E-state index in [2.05, 4.69) is 61.4 Å². The van der Waals surface area contributed by atoms with Gasteiger partial charge in [-0.05, 0) is 67.9 Å². The minimum absolute atomic E-state index is 0.00297. The molecule has 6 nitrogen and oxygen atoms in total. The number of carbonyl (C=O) groups is 2. The van der Waals surface area contributed by atoms with Crippen LogP contribution in [-0.2, 0) is 0 Å². The molecule has 0 unspecified atom stereocenters. The lowest BCUT2D eigenvalue weighted by atomic mass is 9.93. The van der Waals surface area contributed by atoms with E-state index < -0.39 is 0 Å². The van der Waals surface area contributed by atoms with E-state index in [1.807, 2.05) is 36.9 Å². The van der Waals surface area contributed by atoms with Gasteiger partial charge in [0.15, 0.2) is 0 Å². The Bertz CT molecular complexity index is 979. The van der Waals surface area contributed by atoms with Gasteiger partial charge in [-0.2, -0.15) is 0 Å². The summed E-state index contributed by atoms with van der Waals surface area (Å²) >= 11 is 0. The average molecular weight is 465 g/mol. The second-order valence-electron chi connectivity index (χ2n) is 9.60. The van der Waals surface area contributed by atoms with Gasteiger partial charge in [0.25, 0.3) is 5.91 Å². The zero-order valence-electron chi connectivity index (χ0n) is 21.6. The summed E-state index contributed by atoms with van der Waals surface area (Å²) in [6.45, 7) is 15.7. The molecule has 184 valence electrons. The van der Waals surface area contributed by atoms with E-state index in [4.69, 9.17) is 0 Å². The topological polar surface area (TPSA) is 64.7 Å². The molecule has 2 aromatic carbocycles. The Labute approximate surface area is 204 Å². The summed E-state index contributed by atoms with van der Waals surface area (Å²) < 4.78 is 0. The highest BCUT2D eigenvalue weighted by Crippen LogP contribution is 2.33. The van der Waals surface area contributed by atoms with E-state index in [-0.39, 0.29) is 23.8 Å². The first-order valence-electron chi connectivity index (χ1n) is 12.7. The van der Waals surface area contributed by atoms with Crippen molar-refractivity contribution in [2.75, 3.05) is 41.7 Å². The minimum Gasteiger partial charge on any atom is -0.371 e. The number of benzene rings is 2. The maximum Gasteiger partial charge on any atom is 0.323 e. The van der Waals surface area contributed by atoms with Crippen molar-refractivity contribution in [1.82, 2.24) is 4.90 Å². The molecule has 6 heteroatoms. The monoisotopic (exact) mass is 464 g/mol. The van der Waals surface area contributed by atoms with Crippen LogP contribution in [0, 0.1) is 0 Å². The van der Waals surface area contributed by atoms with E-state index in [1.165, 1.54) is 0 Å². The van der Waals surface area contributed by atoms with Crippen LogP contribution < -0.4 is 15.5 Å². The second-order valence-corrected chi connectivity index (χ2v) is 9.60. The van der Waals surface area contributed by atoms with Gasteiger partial charge in [-0.1, -0.05) is 45.9 Å². The summed E-state index contributed by atoms with van der Waals surface area (Å²) in [5, 5.41) is 6.07. The van der Waals surface area contributed by atoms with Crippen LogP contribution >= 0.6 is 0 Å². The molecule has 1 fully saturated rings. The molecular weight excluding hydrogens is 424 g/mol. The highest BCUT2D eigenvalue weighted by Gasteiger charge is 2.23. The Hall–Kier alpha value is -3.02. The third-order valence-corrected chi connectivity index (χ3v) is 6.59. The van der Waals surface area contributed by atoms with Crippen molar-refractivity contribution in [2.24, 2.45) is 0 Å². The summed E-state index contributed by atoms with van der Waals surface area (Å²) in [4.78, 5) is 30.5. The van der Waals surface area contributed by atoms with E-state index in [0.29, 0.717) is 24.3 Å². The van der Waals surface area contributed by atoms with Crippen LogP contribution in [-0.4, -0.2) is 43.0 Å². The number of anilines is 3. The highest BCUT2D eigenvalue weighted by molar-refractivity contribution is 6.04. The Morgan fingerprint density at radius 3 is 2.03 bits per heavy atom. The van der Waals surface area contributed by atoms with E-state index in [0.717, 1.165) is 48.4 Å². The molecule has 0 aliphatic carbocycles. The lowest BCUT2D eigenvalue weighted by Crippen LogP contribution is -2.32. The molecule has 2 aromatic rings. The molecule has 0 saturated carbocycles. The van der Waals surface area contributed by atoms with E-state index in [1.54, 1.807) is 0 Å². The van der Waals surface area contributed by atoms with Crippen molar-refractivity contribution in [3.63, 3.8) is 0 Å². The molecule has 0 radical (unpaired) electrons. The highest BCUT2D eigenvalue weighted by atomic mass is 16.2. The van der Waals surface area contributed by atoms with Gasteiger partial charge in [0.05, 0.1) is 5.56 Å². The number of nitrogens with zero attached hydrogens (tertiary/aromatic N) is 2. The number of amides is 3. The standard InChI is InChI=1S/C28H40N4O2/c1-7-31(8-2)27(33)24-18-21(14-15-25(24)32-16-9-10-17-32)29-28(34)30-26-22(19(3)4)12-11-13-23(26)20(5)6/h11-15,18-20H,7-10,16-17H2,1-6H3,(H2,29,30,34). The van der Waals surface area contributed by atoms with Crippen LogP contribution in [0.15, 0.2) is 36.4 Å². The first-order valence-corrected chi connectivity index (χ1v) is 12.7. The van der Waals surface area contributed by atoms with Gasteiger partial charge in [0.1, 0.15) is 0 Å². The van der Waals surface area contributed by atoms with Crippen LogP contribution in [0.25, 0.3) is 0 Å². The Balaban J connectivity index is 1.89. The fraction of sp³-hybridized carbons (Fsp3) is 0.500. The maximum absolute atomic E-state index is 13.3. The zero-order chi connectivity index (χ0) is 24.8. The van der Waals surface area contributed by atoms with Crippen molar-refractivity contribution >= 4 is 29.0 Å². The molecule has 0 atom stereocenters. The van der Waals surface area contributed by atoms with Gasteiger partial charge in [0.2, 0.25) is 0 Å². The number of hydrogen-bond donors (Lipinski definition) is 2. The largest absolute Gasteiger partial charge is 0.371 e. The molecule has 34 heavy (non-hydrogen) atoms. The van der Waals surface area contributed by atoms with Crippen LogP contribution in [0.4, 0.5) is 21.9 Å². The lowest BCUT2D eigenvalue weighted by molar-refractivity contribution is 0.0773. The molecule has 1 heterocycles. The maximum atomic E-state index is 13.3. The van der Waals surface area contributed by atoms with Gasteiger partial charge in [-0.3, -0.25) is 4.79 Å². The van der Waals surface area contributed by atoms with Gasteiger partial charge >= 0.3 is 6.03 Å². The Morgan fingerprint density at radius 1 is 0.912 bits per heavy atom. The summed E-state index contributed by atoms with van der Waals surface area (Å²) in [5.41, 5.74) is 5.31. The fourth-order valence-electron chi connectivity index (χ4n) is 4.67. The van der Waals surface area contributed by atoms with Crippen molar-refractivity contribution in [3.8, 4) is 0 Å². The predicted molar refractivity (Wildman–Crippen MR) is 142 cm³/mol. The number of hydrogen-bond acceptors (Lipinski definition) is 3. The van der Waals surface area contributed by atoms with Gasteiger partial charge in [0, 0.05) is 43.2 Å². The summed E-state index contributed by atoms with van der Waals surface area (Å²) in [5.74, 6) is 0.572. The Morgan fingerprint density at radius 2 is 1.50 bits per heavy atom. The Kier molecular flexibility index (Phi) is 8.59. The van der Waals surface area contributed by atoms with Crippen LogP contribution in [0.5, 0.6) is 0 Å². The van der Waals surface area contributed by atoms with Crippen molar-refractivity contribution in [2.45, 2.75) is 66.2 Å². The SMILES string of the molecule is CCN(CC)C(=O)c1cc(NC(=O)Nc2c(C(C)C)cccc2C(C)C)ccc1N1CCCC1. The lowest BCUT2D eigenvalue weighted by Gasteiger charge is -2.25. The van der Waals surface area contributed by atoms with Crippen LogP contribution in [0.3, 0.4) is 0 Å². The molecule has 3 amide bonds. The van der Waals surface area contributed by atoms with Gasteiger partial charge < -0.3 is 20.4 Å². The molecule has 0 spiro atoms. The van der Waals surface area contributed by atoms with Gasteiger partial charge in [-0.25, -0.2) is 4.79 Å². The quantitative estimate of drug-likeness (QED) is 0.459. The molecule has 1 saturated heterocycles. The average Bonchev–Trinajstić information content (AvgIpc) is 3.34. The number of carbonyl (C=O) groups excluding carboxylic acids is 2. The van der Waals surface area contributed by atoms with Crippen molar-refractivity contribution in [1.29, 1.82) is 0 Å². The number of nitrogens with one attached hydrogen (secondary N) is 2. The minimum atomic E-state index is -0.301. The molecule has 0 bridgehead atoms. The zero-order valence-corrected chi connectivity index (χ0v) is 21.6. The molecule has 1 aliphatic rings. The molecule has 1 aliphatic heterocycles. The first kappa shape index (κ1) is 25.6. The number of rotatable bonds is 8. The smallest absolute Gasteiger partial charge is 0.323 e. The third kappa shape index (κ3) is 5.72. The second kappa shape index (κ2) is 11.4. The number of para-hydroxylation sites is 1. The molecule has 0 aromatic heterocycles. The third-order valence-electron chi connectivity index (χ3n) is 6.59. The van der Waals surface area contributed by atoms with E-state index in [9.17, 15) is 9.59 Å². The van der Waals surface area contributed by atoms with Crippen molar-refractivity contribution < 1.29 is 9.59 Å². The summed E-state index contributed by atoms with van der Waals surface area (Å²) in [7, 11) is 0. The van der Waals surface area contributed by atoms with Crippen LogP contribution in [0.2, 0.25) is 0 Å². The van der Waals surface area contributed by atoms with Crippen molar-refractivity contribution in [3.05, 3.63) is 53.1 Å². The molecule has 3 rings (SSSR count). The van der Waals surface area contributed by atoms with Gasteiger partial charge in [-0.15, -0.1) is 0 Å². The molecular formula is C28H40N4O2. The van der Waals surface area contributed by atoms with Crippen LogP contribution in [0.1, 0.15) is 87.7 Å². The predicted octanol–water partition coefficient (Wildman–Crippen LogP) is 6.66. The summed E-state index contributed by atoms with van der Waals surface area (Å²) in [6.07, 6.45) is 2.27.